The first-order chi connectivity index (χ1) is 17.8. The molecule has 0 radical (unpaired) electrons. The summed E-state index contributed by atoms with van der Waals surface area (Å²) in [5.74, 6) is -0.200. The Bertz CT molecular complexity index is 1430. The number of nitro benzene ring substituents is 1. The van der Waals surface area contributed by atoms with Gasteiger partial charge in [-0.15, -0.1) is 0 Å². The molecule has 2 aliphatic rings. The van der Waals surface area contributed by atoms with Gasteiger partial charge in [0.15, 0.2) is 5.11 Å². The van der Waals surface area contributed by atoms with Gasteiger partial charge >= 0.3 is 0 Å². The summed E-state index contributed by atoms with van der Waals surface area (Å²) in [4.78, 5) is 30.2. The van der Waals surface area contributed by atoms with E-state index in [0.29, 0.717) is 54.2 Å². The molecule has 9 nitrogen and oxygen atoms in total. The number of benzene rings is 2. The van der Waals surface area contributed by atoms with Gasteiger partial charge in [0.05, 0.1) is 29.5 Å². The van der Waals surface area contributed by atoms with Crippen LogP contribution in [0.1, 0.15) is 17.0 Å². The third kappa shape index (κ3) is 4.38. The van der Waals surface area contributed by atoms with Crippen LogP contribution in [0.15, 0.2) is 60.3 Å². The van der Waals surface area contributed by atoms with Crippen LogP contribution in [0.2, 0.25) is 0 Å². The van der Waals surface area contributed by atoms with E-state index in [1.807, 2.05) is 71.9 Å². The van der Waals surface area contributed by atoms with E-state index in [1.165, 1.54) is 4.90 Å². The molecule has 2 saturated heterocycles. The molecule has 5 rings (SSSR count). The van der Waals surface area contributed by atoms with Crippen molar-refractivity contribution in [3.8, 4) is 5.69 Å². The number of carbonyl (C=O) groups is 1. The molecule has 1 aromatic heterocycles. The summed E-state index contributed by atoms with van der Waals surface area (Å²) in [5, 5.41) is 12.4. The molecule has 0 unspecified atom stereocenters. The van der Waals surface area contributed by atoms with Crippen molar-refractivity contribution >= 4 is 46.4 Å². The normalized spacial score (nSPS) is 17.3. The third-order valence-electron chi connectivity index (χ3n) is 6.80. The van der Waals surface area contributed by atoms with Crippen molar-refractivity contribution in [2.45, 2.75) is 13.8 Å². The molecule has 2 aromatic carbocycles. The fraction of sp³-hybridized carbons (Fsp3) is 0.259. The minimum Gasteiger partial charge on any atom is -0.378 e. The molecule has 190 valence electrons. The predicted octanol–water partition coefficient (Wildman–Crippen LogP) is 4.44. The molecule has 1 amide bonds. The van der Waals surface area contributed by atoms with E-state index in [9.17, 15) is 14.9 Å². The number of hydrogen-bond donors (Lipinski definition) is 0. The zero-order chi connectivity index (χ0) is 26.3. The van der Waals surface area contributed by atoms with Crippen molar-refractivity contribution in [2.24, 2.45) is 0 Å². The molecule has 0 atom stereocenters. The Balaban J connectivity index is 1.52. The number of morpholine rings is 1. The standard InChI is InChI=1S/C27H27N5O4S/c1-18-15-20(16-25-26(33)31(27(37)28(25)3)21-7-5-4-6-8-21)19(2)30(18)22-9-10-23(24(17-22)32(34)35)29-11-13-36-14-12-29/h4-10,15-17H,11-14H2,1-3H3/b25-16-. The zero-order valence-electron chi connectivity index (χ0n) is 20.9. The number of carbonyl (C=O) groups excluding carboxylic acids is 1. The Labute approximate surface area is 220 Å². The Hall–Kier alpha value is -4.02. The maximum Gasteiger partial charge on any atom is 0.294 e. The third-order valence-corrected chi connectivity index (χ3v) is 7.26. The highest BCUT2D eigenvalue weighted by Crippen LogP contribution is 2.34. The lowest BCUT2D eigenvalue weighted by molar-refractivity contribution is -0.384. The molecule has 0 saturated carbocycles. The van der Waals surface area contributed by atoms with E-state index in [2.05, 4.69) is 0 Å². The van der Waals surface area contributed by atoms with Crippen LogP contribution in [-0.2, 0) is 9.53 Å². The lowest BCUT2D eigenvalue weighted by Crippen LogP contribution is -2.36. The van der Waals surface area contributed by atoms with Gasteiger partial charge in [0.1, 0.15) is 11.4 Å². The van der Waals surface area contributed by atoms with Crippen molar-refractivity contribution in [1.82, 2.24) is 9.47 Å². The van der Waals surface area contributed by atoms with Crippen molar-refractivity contribution in [1.29, 1.82) is 0 Å². The molecule has 2 fully saturated rings. The number of nitrogens with zero attached hydrogens (tertiary/aromatic N) is 5. The number of aryl methyl sites for hydroxylation is 1. The van der Waals surface area contributed by atoms with Gasteiger partial charge in [-0.2, -0.15) is 0 Å². The largest absolute Gasteiger partial charge is 0.378 e. The summed E-state index contributed by atoms with van der Waals surface area (Å²) in [5.41, 5.74) is 5.11. The second-order valence-electron chi connectivity index (χ2n) is 9.04. The molecule has 0 N–H and O–H groups in total. The number of likely N-dealkylation sites (N-methyl/N-ethyl adjacent to an activating group) is 1. The summed E-state index contributed by atoms with van der Waals surface area (Å²) < 4.78 is 7.36. The van der Waals surface area contributed by atoms with Crippen LogP contribution in [0.25, 0.3) is 11.8 Å². The number of aromatic nitrogens is 1. The van der Waals surface area contributed by atoms with Crippen molar-refractivity contribution in [2.75, 3.05) is 43.2 Å². The predicted molar refractivity (Wildman–Crippen MR) is 147 cm³/mol. The molecular formula is C27H27N5O4S. The molecule has 0 aliphatic carbocycles. The van der Waals surface area contributed by atoms with Crippen LogP contribution in [-0.4, -0.2) is 58.8 Å². The lowest BCUT2D eigenvalue weighted by atomic mass is 10.2. The minimum atomic E-state index is -0.337. The Morgan fingerprint density at radius 1 is 1.03 bits per heavy atom. The number of rotatable bonds is 5. The first-order valence-corrected chi connectivity index (χ1v) is 12.4. The van der Waals surface area contributed by atoms with Crippen LogP contribution in [0.4, 0.5) is 17.1 Å². The van der Waals surface area contributed by atoms with Gasteiger partial charge in [-0.25, -0.2) is 0 Å². The second-order valence-corrected chi connectivity index (χ2v) is 9.40. The smallest absolute Gasteiger partial charge is 0.294 e. The SMILES string of the molecule is Cc1cc(/C=C2/C(=O)N(c3ccccc3)C(=S)N2C)c(C)n1-c1ccc(N2CCOCC2)c([N+](=O)[O-])c1. The average Bonchev–Trinajstić information content (AvgIpc) is 3.30. The van der Waals surface area contributed by atoms with Gasteiger partial charge < -0.3 is 19.1 Å². The maximum absolute atomic E-state index is 13.3. The van der Waals surface area contributed by atoms with E-state index >= 15 is 0 Å². The highest BCUT2D eigenvalue weighted by molar-refractivity contribution is 7.80. The Morgan fingerprint density at radius 2 is 1.73 bits per heavy atom. The molecular weight excluding hydrogens is 490 g/mol. The summed E-state index contributed by atoms with van der Waals surface area (Å²) in [6.07, 6.45) is 1.83. The lowest BCUT2D eigenvalue weighted by Gasteiger charge is -2.28. The van der Waals surface area contributed by atoms with Gasteiger partial charge in [-0.3, -0.25) is 19.8 Å². The van der Waals surface area contributed by atoms with Gasteiger partial charge in [0, 0.05) is 37.6 Å². The fourth-order valence-electron chi connectivity index (χ4n) is 4.91. The van der Waals surface area contributed by atoms with Crippen LogP contribution in [0, 0.1) is 24.0 Å². The quantitative estimate of drug-likeness (QED) is 0.214. The molecule has 2 aliphatic heterocycles. The van der Waals surface area contributed by atoms with E-state index in [4.69, 9.17) is 17.0 Å². The minimum absolute atomic E-state index is 0.0568. The Morgan fingerprint density at radius 3 is 2.41 bits per heavy atom. The van der Waals surface area contributed by atoms with Crippen LogP contribution in [0.5, 0.6) is 0 Å². The zero-order valence-corrected chi connectivity index (χ0v) is 21.7. The fourth-order valence-corrected chi connectivity index (χ4v) is 5.20. The van der Waals surface area contributed by atoms with E-state index < -0.39 is 0 Å². The summed E-state index contributed by atoms with van der Waals surface area (Å²) in [6.45, 7) is 6.20. The van der Waals surface area contributed by atoms with Gasteiger partial charge in [0.25, 0.3) is 11.6 Å². The first-order valence-electron chi connectivity index (χ1n) is 12.0. The number of hydrogen-bond acceptors (Lipinski definition) is 6. The molecule has 10 heteroatoms. The monoisotopic (exact) mass is 517 g/mol. The Kier molecular flexibility index (Phi) is 6.53. The van der Waals surface area contributed by atoms with Crippen molar-refractivity contribution in [3.63, 3.8) is 0 Å². The van der Waals surface area contributed by atoms with Gasteiger partial charge in [-0.05, 0) is 68.0 Å². The number of amides is 1. The maximum atomic E-state index is 13.3. The summed E-state index contributed by atoms with van der Waals surface area (Å²) >= 11 is 5.57. The van der Waals surface area contributed by atoms with Gasteiger partial charge in [0.2, 0.25) is 0 Å². The highest BCUT2D eigenvalue weighted by Gasteiger charge is 2.37. The van der Waals surface area contributed by atoms with E-state index in [0.717, 1.165) is 17.0 Å². The van der Waals surface area contributed by atoms with Crippen molar-refractivity contribution < 1.29 is 14.5 Å². The second kappa shape index (κ2) is 9.79. The van der Waals surface area contributed by atoms with E-state index in [-0.39, 0.29) is 16.5 Å². The van der Waals surface area contributed by atoms with Crippen LogP contribution < -0.4 is 9.80 Å². The summed E-state index contributed by atoms with van der Waals surface area (Å²) in [7, 11) is 1.78. The number of ether oxygens (including phenoxy) is 1. The average molecular weight is 518 g/mol. The molecule has 3 heterocycles. The number of thiocarbonyl (C=S) groups is 1. The van der Waals surface area contributed by atoms with Crippen molar-refractivity contribution in [3.05, 3.63) is 87.4 Å². The molecule has 37 heavy (non-hydrogen) atoms. The molecule has 0 spiro atoms. The van der Waals surface area contributed by atoms with Gasteiger partial charge in [-0.1, -0.05) is 18.2 Å². The van der Waals surface area contributed by atoms with Crippen LogP contribution >= 0.6 is 12.2 Å². The van der Waals surface area contributed by atoms with E-state index in [1.54, 1.807) is 24.1 Å². The topological polar surface area (TPSA) is 84.1 Å². The molecule has 3 aromatic rings. The number of nitro groups is 1. The first kappa shape index (κ1) is 24.7. The molecule has 0 bridgehead atoms. The number of anilines is 2. The number of para-hydroxylation sites is 1. The summed E-state index contributed by atoms with van der Waals surface area (Å²) in [6, 6.07) is 16.6. The highest BCUT2D eigenvalue weighted by atomic mass is 32.1. The van der Waals surface area contributed by atoms with Crippen LogP contribution in [0.3, 0.4) is 0 Å².